The summed E-state index contributed by atoms with van der Waals surface area (Å²) in [5.41, 5.74) is 0.612. The first-order valence-electron chi connectivity index (χ1n) is 5.91. The van der Waals surface area contributed by atoms with Crippen LogP contribution in [-0.4, -0.2) is 25.4 Å². The Hall–Kier alpha value is -0.860. The van der Waals surface area contributed by atoms with Gasteiger partial charge in [0.1, 0.15) is 5.84 Å². The molecule has 0 aliphatic carbocycles. The van der Waals surface area contributed by atoms with E-state index in [1.807, 2.05) is 39.0 Å². The summed E-state index contributed by atoms with van der Waals surface area (Å²) in [4.78, 5) is 4.46. The number of nitrogens with zero attached hydrogens (tertiary/aromatic N) is 1. The van der Waals surface area contributed by atoms with E-state index in [0.29, 0.717) is 15.9 Å². The van der Waals surface area contributed by atoms with Gasteiger partial charge in [0, 0.05) is 10.7 Å². The van der Waals surface area contributed by atoms with E-state index in [0.717, 1.165) is 5.69 Å². The van der Waals surface area contributed by atoms with Crippen LogP contribution in [0.15, 0.2) is 40.9 Å². The van der Waals surface area contributed by atoms with E-state index in [4.69, 9.17) is 41.8 Å². The molecule has 1 rings (SSSR count). The molecule has 0 bridgehead atoms. The second-order valence-electron chi connectivity index (χ2n) is 5.11. The van der Waals surface area contributed by atoms with Crippen LogP contribution >= 0.6 is 23.2 Å². The zero-order valence-electron chi connectivity index (χ0n) is 12.3. The summed E-state index contributed by atoms with van der Waals surface area (Å²) in [5, 5.41) is 4.14. The summed E-state index contributed by atoms with van der Waals surface area (Å²) < 4.78 is 30.2. The van der Waals surface area contributed by atoms with Gasteiger partial charge in [-0.05, 0) is 39.0 Å². The summed E-state index contributed by atoms with van der Waals surface area (Å²) in [7, 11) is -4.19. The third-order valence-corrected chi connectivity index (χ3v) is 2.21. The Morgan fingerprint density at radius 1 is 1.32 bits per heavy atom. The van der Waals surface area contributed by atoms with Crippen LogP contribution in [0.4, 0.5) is 5.69 Å². The van der Waals surface area contributed by atoms with Gasteiger partial charge in [0.15, 0.2) is 0 Å². The quantitative estimate of drug-likeness (QED) is 0.467. The van der Waals surface area contributed by atoms with Crippen LogP contribution in [0.3, 0.4) is 0 Å². The molecule has 22 heavy (non-hydrogen) atoms. The van der Waals surface area contributed by atoms with E-state index >= 15 is 0 Å². The standard InChI is InChI=1S/C13H16Cl2N2.ClH3O4/c1-9(14)12(17-13(2,3)4)16-11-7-5-6-10(15)8-11;2-1(3,4)5/h5-8H,1H2,2-4H3,(H,16,17);2-4H. The van der Waals surface area contributed by atoms with Crippen LogP contribution in [0.2, 0.25) is 5.02 Å². The van der Waals surface area contributed by atoms with Crippen molar-refractivity contribution in [3.8, 4) is 0 Å². The fourth-order valence-electron chi connectivity index (χ4n) is 1.19. The monoisotopic (exact) mass is 372 g/mol. The van der Waals surface area contributed by atoms with Crippen molar-refractivity contribution in [1.82, 2.24) is 0 Å². The Bertz CT molecular complexity index is 531. The van der Waals surface area contributed by atoms with E-state index in [9.17, 15) is 0 Å². The fourth-order valence-corrected chi connectivity index (χ4v) is 1.47. The molecule has 0 atom stereocenters. The van der Waals surface area contributed by atoms with Gasteiger partial charge in [-0.1, -0.05) is 35.8 Å². The third-order valence-electron chi connectivity index (χ3n) is 1.79. The van der Waals surface area contributed by atoms with Crippen molar-refractivity contribution in [2.45, 2.75) is 26.3 Å². The molecule has 1 aromatic rings. The summed E-state index contributed by atoms with van der Waals surface area (Å²) >= 11 is 11.8. The molecule has 9 heteroatoms. The summed E-state index contributed by atoms with van der Waals surface area (Å²) in [6, 6.07) is 7.36. The number of rotatable bonds is 2. The molecule has 0 radical (unpaired) electrons. The van der Waals surface area contributed by atoms with Gasteiger partial charge in [0.2, 0.25) is 0 Å². The van der Waals surface area contributed by atoms with E-state index in [-0.39, 0.29) is 5.54 Å². The van der Waals surface area contributed by atoms with Crippen molar-refractivity contribution in [3.63, 3.8) is 0 Å². The maximum atomic E-state index is 8.83. The van der Waals surface area contributed by atoms with Gasteiger partial charge in [-0.2, -0.15) is 0 Å². The van der Waals surface area contributed by atoms with Gasteiger partial charge in [-0.25, -0.2) is 0 Å². The van der Waals surface area contributed by atoms with Crippen molar-refractivity contribution in [2.75, 3.05) is 5.32 Å². The Labute approximate surface area is 141 Å². The molecule has 0 heterocycles. The first kappa shape index (κ1) is 21.1. The second kappa shape index (κ2) is 8.69. The van der Waals surface area contributed by atoms with Crippen LogP contribution < -0.4 is 9.98 Å². The number of halogens is 3. The molecule has 0 aliphatic heterocycles. The first-order chi connectivity index (χ1) is 9.78. The van der Waals surface area contributed by atoms with Crippen molar-refractivity contribution in [2.24, 2.45) is 4.99 Å². The number of amidine groups is 1. The molecule has 6 nitrogen and oxygen atoms in total. The van der Waals surface area contributed by atoms with Crippen LogP contribution in [0, 0.1) is 10.2 Å². The molecule has 0 saturated heterocycles. The van der Waals surface area contributed by atoms with E-state index in [1.54, 1.807) is 6.07 Å². The van der Waals surface area contributed by atoms with Gasteiger partial charge in [0.25, 0.3) is 0 Å². The van der Waals surface area contributed by atoms with Gasteiger partial charge < -0.3 is 5.32 Å². The number of benzene rings is 1. The van der Waals surface area contributed by atoms with Crippen molar-refractivity contribution < 1.29 is 28.9 Å². The summed E-state index contributed by atoms with van der Waals surface area (Å²) in [6.45, 7) is 9.68. The molecule has 126 valence electrons. The number of anilines is 1. The molecule has 0 aliphatic rings. The molecule has 0 spiro atoms. The Morgan fingerprint density at radius 3 is 2.18 bits per heavy atom. The number of nitrogens with one attached hydrogen (secondary N) is 1. The third kappa shape index (κ3) is 12.8. The summed E-state index contributed by atoms with van der Waals surface area (Å²) in [6.07, 6.45) is 0. The van der Waals surface area contributed by atoms with Crippen LogP contribution in [0.25, 0.3) is 0 Å². The molecule has 1 aromatic carbocycles. The predicted octanol–water partition coefficient (Wildman–Crippen LogP) is 1.84. The number of hydrogen-bond donors (Lipinski definition) is 4. The van der Waals surface area contributed by atoms with Crippen molar-refractivity contribution in [1.29, 1.82) is 0 Å². The fraction of sp³-hybridized carbons (Fsp3) is 0.308. The normalized spacial score (nSPS) is 13.0. The topological polar surface area (TPSA) is 108 Å². The molecule has 0 fully saturated rings. The van der Waals surface area contributed by atoms with Gasteiger partial charge in [-0.3, -0.25) is 4.99 Å². The number of aliphatic imine (C=N–C) groups is 1. The van der Waals surface area contributed by atoms with Crippen LogP contribution in [0.1, 0.15) is 20.8 Å². The number of hydrogen-bond acceptors (Lipinski definition) is 5. The molecular weight excluding hydrogens is 355 g/mol. The molecule has 0 amide bonds. The summed E-state index contributed by atoms with van der Waals surface area (Å²) in [5.74, 6) is 0.557. The molecule has 4 N–H and O–H groups in total. The molecule has 0 unspecified atom stereocenters. The average molecular weight is 374 g/mol. The molecule has 0 aromatic heterocycles. The first-order valence-corrected chi connectivity index (χ1v) is 7.99. The van der Waals surface area contributed by atoms with E-state index in [2.05, 4.69) is 16.9 Å². The van der Waals surface area contributed by atoms with Gasteiger partial charge >= 0.3 is 28.9 Å². The average Bonchev–Trinajstić information content (AvgIpc) is 2.23. The Kier molecular flexibility index (Phi) is 8.35. The minimum atomic E-state index is -4.19. The van der Waals surface area contributed by atoms with Gasteiger partial charge in [-0.15, -0.1) is 0 Å². The Balaban J connectivity index is 0.000000763. The molecule has 0 saturated carbocycles. The van der Waals surface area contributed by atoms with Crippen LogP contribution in [0.5, 0.6) is 0 Å². The predicted molar refractivity (Wildman–Crippen MR) is 83.9 cm³/mol. The Morgan fingerprint density at radius 2 is 1.82 bits per heavy atom. The van der Waals surface area contributed by atoms with Crippen LogP contribution in [-0.2, 0) is 0 Å². The van der Waals surface area contributed by atoms with E-state index < -0.39 is 10.2 Å². The van der Waals surface area contributed by atoms with Crippen molar-refractivity contribution in [3.05, 3.63) is 40.9 Å². The zero-order valence-corrected chi connectivity index (χ0v) is 14.6. The second-order valence-corrected chi connectivity index (χ2v) is 6.87. The molecular formula is C13H19Cl3N2O4. The SMILES string of the molecule is C=C(Cl)C(=NC(C)(C)C)Nc1cccc(Cl)c1.[O-][Cl+](O)(O)O. The van der Waals surface area contributed by atoms with E-state index in [1.165, 1.54) is 0 Å². The van der Waals surface area contributed by atoms with Crippen molar-refractivity contribution >= 4 is 34.7 Å². The van der Waals surface area contributed by atoms with Gasteiger partial charge in [0.05, 0.1) is 10.6 Å². The zero-order chi connectivity index (χ0) is 17.6. The maximum absolute atomic E-state index is 8.83. The minimum absolute atomic E-state index is 0.223.